The number of hydrogen-bond donors (Lipinski definition) is 2. The average molecular weight is 431 g/mol. The van der Waals surface area contributed by atoms with Crippen LogP contribution in [0, 0.1) is 17.0 Å². The van der Waals surface area contributed by atoms with Crippen molar-refractivity contribution in [3.8, 4) is 0 Å². The molecule has 3 rings (SSSR count). The maximum Gasteiger partial charge on any atom is 0.272 e. The summed E-state index contributed by atoms with van der Waals surface area (Å²) in [7, 11) is 0. The van der Waals surface area contributed by atoms with Crippen molar-refractivity contribution in [2.45, 2.75) is 25.8 Å². The monoisotopic (exact) mass is 430 g/mol. The minimum absolute atomic E-state index is 0.0767. The van der Waals surface area contributed by atoms with E-state index in [2.05, 4.69) is 10.9 Å². The van der Waals surface area contributed by atoms with Crippen molar-refractivity contribution in [1.82, 2.24) is 15.8 Å². The lowest BCUT2D eigenvalue weighted by Gasteiger charge is -2.24. The van der Waals surface area contributed by atoms with E-state index in [0.29, 0.717) is 35.5 Å². The van der Waals surface area contributed by atoms with Gasteiger partial charge in [-0.3, -0.25) is 35.3 Å². The summed E-state index contributed by atoms with van der Waals surface area (Å²) >= 11 is 5.79. The minimum atomic E-state index is -0.751. The first-order valence-corrected chi connectivity index (χ1v) is 9.57. The Balaban J connectivity index is 1.65. The highest BCUT2D eigenvalue weighted by Gasteiger charge is 2.35. The summed E-state index contributed by atoms with van der Waals surface area (Å²) in [5.41, 5.74) is 5.56. The molecule has 1 unspecified atom stereocenters. The number of carbonyl (C=O) groups is 3. The van der Waals surface area contributed by atoms with Crippen LogP contribution in [0.25, 0.3) is 0 Å². The van der Waals surface area contributed by atoms with Crippen LogP contribution in [-0.4, -0.2) is 40.1 Å². The van der Waals surface area contributed by atoms with Crippen LogP contribution in [0.3, 0.4) is 0 Å². The molecule has 156 valence electrons. The number of nitro groups is 1. The molecule has 1 saturated heterocycles. The first-order chi connectivity index (χ1) is 14.3. The number of benzene rings is 2. The fourth-order valence-electron chi connectivity index (χ4n) is 3.32. The first kappa shape index (κ1) is 21.3. The number of carbonyl (C=O) groups excluding carboxylic acids is 3. The van der Waals surface area contributed by atoms with Gasteiger partial charge in [0.25, 0.3) is 23.4 Å². The molecule has 0 saturated carbocycles. The van der Waals surface area contributed by atoms with Gasteiger partial charge < -0.3 is 4.90 Å². The van der Waals surface area contributed by atoms with Gasteiger partial charge in [0.1, 0.15) is 6.04 Å². The number of rotatable bonds is 4. The van der Waals surface area contributed by atoms with Crippen LogP contribution in [0.5, 0.6) is 0 Å². The van der Waals surface area contributed by atoms with E-state index in [0.717, 1.165) is 0 Å². The second kappa shape index (κ2) is 8.91. The molecule has 1 heterocycles. The number of halogens is 1. The fraction of sp³-hybridized carbons (Fsp3) is 0.250. The first-order valence-electron chi connectivity index (χ1n) is 9.19. The number of aryl methyl sites for hydroxylation is 1. The molecule has 1 fully saturated rings. The Morgan fingerprint density at radius 1 is 1.10 bits per heavy atom. The van der Waals surface area contributed by atoms with Crippen LogP contribution in [0.2, 0.25) is 5.02 Å². The van der Waals surface area contributed by atoms with Crippen molar-refractivity contribution < 1.29 is 19.3 Å². The van der Waals surface area contributed by atoms with Crippen molar-refractivity contribution in [2.75, 3.05) is 6.54 Å². The molecule has 1 aliphatic heterocycles. The van der Waals surface area contributed by atoms with Gasteiger partial charge in [0, 0.05) is 34.3 Å². The maximum absolute atomic E-state index is 12.9. The quantitative estimate of drug-likeness (QED) is 0.570. The molecule has 10 heteroatoms. The summed E-state index contributed by atoms with van der Waals surface area (Å²) in [4.78, 5) is 49.4. The lowest BCUT2D eigenvalue weighted by atomic mass is 10.1. The number of likely N-dealkylation sites (tertiary alicyclic amines) is 1. The molecular weight excluding hydrogens is 412 g/mol. The van der Waals surface area contributed by atoms with E-state index < -0.39 is 28.7 Å². The van der Waals surface area contributed by atoms with Gasteiger partial charge >= 0.3 is 0 Å². The lowest BCUT2D eigenvalue weighted by Crippen LogP contribution is -2.51. The smallest absolute Gasteiger partial charge is 0.272 e. The molecule has 30 heavy (non-hydrogen) atoms. The molecule has 2 N–H and O–H groups in total. The number of nitro benzene ring substituents is 1. The molecular formula is C20H19ClN4O5. The Morgan fingerprint density at radius 2 is 1.77 bits per heavy atom. The van der Waals surface area contributed by atoms with E-state index in [1.807, 2.05) is 0 Å². The second-order valence-electron chi connectivity index (χ2n) is 6.87. The molecule has 2 aromatic rings. The van der Waals surface area contributed by atoms with E-state index in [1.165, 1.54) is 35.2 Å². The summed E-state index contributed by atoms with van der Waals surface area (Å²) in [6.07, 6.45) is 1.07. The van der Waals surface area contributed by atoms with Gasteiger partial charge in [-0.05, 0) is 56.2 Å². The fourth-order valence-corrected chi connectivity index (χ4v) is 3.44. The summed E-state index contributed by atoms with van der Waals surface area (Å²) in [5.74, 6) is -1.42. The van der Waals surface area contributed by atoms with Crippen molar-refractivity contribution in [2.24, 2.45) is 0 Å². The molecule has 0 bridgehead atoms. The summed E-state index contributed by atoms with van der Waals surface area (Å²) in [6, 6.07) is 9.50. The molecule has 0 radical (unpaired) electrons. The Morgan fingerprint density at radius 3 is 2.40 bits per heavy atom. The molecule has 0 aliphatic carbocycles. The Kier molecular flexibility index (Phi) is 6.31. The molecule has 3 amide bonds. The predicted octanol–water partition coefficient (Wildman–Crippen LogP) is 2.62. The Bertz CT molecular complexity index is 1010. The lowest BCUT2D eigenvalue weighted by molar-refractivity contribution is -0.385. The van der Waals surface area contributed by atoms with Crippen molar-refractivity contribution >= 4 is 35.0 Å². The average Bonchev–Trinajstić information content (AvgIpc) is 3.21. The van der Waals surface area contributed by atoms with Gasteiger partial charge in [-0.2, -0.15) is 0 Å². The predicted molar refractivity (Wildman–Crippen MR) is 109 cm³/mol. The van der Waals surface area contributed by atoms with Crippen LogP contribution < -0.4 is 10.9 Å². The largest absolute Gasteiger partial charge is 0.327 e. The zero-order chi connectivity index (χ0) is 21.8. The van der Waals surface area contributed by atoms with Crippen LogP contribution in [-0.2, 0) is 4.79 Å². The van der Waals surface area contributed by atoms with Gasteiger partial charge in [0.05, 0.1) is 4.92 Å². The van der Waals surface area contributed by atoms with Gasteiger partial charge in [0.15, 0.2) is 0 Å². The topological polar surface area (TPSA) is 122 Å². The Labute approximate surface area is 177 Å². The van der Waals surface area contributed by atoms with Gasteiger partial charge in [-0.1, -0.05) is 11.6 Å². The van der Waals surface area contributed by atoms with E-state index in [-0.39, 0.29) is 11.3 Å². The van der Waals surface area contributed by atoms with Gasteiger partial charge in [-0.15, -0.1) is 0 Å². The summed E-state index contributed by atoms with van der Waals surface area (Å²) < 4.78 is 0. The highest BCUT2D eigenvalue weighted by atomic mass is 35.5. The van der Waals surface area contributed by atoms with Crippen LogP contribution in [0.15, 0.2) is 42.5 Å². The van der Waals surface area contributed by atoms with Crippen molar-refractivity contribution in [1.29, 1.82) is 0 Å². The zero-order valence-electron chi connectivity index (χ0n) is 16.1. The van der Waals surface area contributed by atoms with Gasteiger partial charge in [-0.25, -0.2) is 0 Å². The normalized spacial score (nSPS) is 15.5. The highest BCUT2D eigenvalue weighted by Crippen LogP contribution is 2.24. The van der Waals surface area contributed by atoms with Crippen LogP contribution in [0.4, 0.5) is 5.69 Å². The van der Waals surface area contributed by atoms with Crippen molar-refractivity contribution in [3.05, 3.63) is 74.3 Å². The third-order valence-electron chi connectivity index (χ3n) is 4.86. The number of nitrogens with zero attached hydrogens (tertiary/aromatic N) is 2. The third-order valence-corrected chi connectivity index (χ3v) is 5.11. The standard InChI is InChI=1S/C20H19ClN4O5/c1-12-11-14(6-9-16(12)25(29)30)20(28)24-10-2-3-17(24)19(27)23-22-18(26)13-4-7-15(21)8-5-13/h4-9,11,17H,2-3,10H2,1H3,(H,22,26)(H,23,27). The van der Waals surface area contributed by atoms with Crippen LogP contribution in [0.1, 0.15) is 39.1 Å². The number of hydrazine groups is 1. The minimum Gasteiger partial charge on any atom is -0.327 e. The van der Waals surface area contributed by atoms with Gasteiger partial charge in [0.2, 0.25) is 0 Å². The molecule has 2 aromatic carbocycles. The number of amides is 3. The highest BCUT2D eigenvalue weighted by molar-refractivity contribution is 6.30. The molecule has 1 atom stereocenters. The SMILES string of the molecule is Cc1cc(C(=O)N2CCCC2C(=O)NNC(=O)c2ccc(Cl)cc2)ccc1[N+](=O)[O-]. The second-order valence-corrected chi connectivity index (χ2v) is 7.30. The zero-order valence-corrected chi connectivity index (χ0v) is 16.8. The summed E-state index contributed by atoms with van der Waals surface area (Å²) in [5, 5.41) is 11.4. The molecule has 0 aromatic heterocycles. The third kappa shape index (κ3) is 4.57. The van der Waals surface area contributed by atoms with E-state index in [4.69, 9.17) is 11.6 Å². The van der Waals surface area contributed by atoms with E-state index >= 15 is 0 Å². The van der Waals surface area contributed by atoms with Crippen molar-refractivity contribution in [3.63, 3.8) is 0 Å². The molecule has 0 spiro atoms. The summed E-state index contributed by atoms with van der Waals surface area (Å²) in [6.45, 7) is 1.92. The maximum atomic E-state index is 12.9. The van der Waals surface area contributed by atoms with Crippen LogP contribution >= 0.6 is 11.6 Å². The van der Waals surface area contributed by atoms with E-state index in [1.54, 1.807) is 19.1 Å². The van der Waals surface area contributed by atoms with E-state index in [9.17, 15) is 24.5 Å². The molecule has 9 nitrogen and oxygen atoms in total. The Hall–Kier alpha value is -3.46. The number of hydrogen-bond acceptors (Lipinski definition) is 5. The number of nitrogens with one attached hydrogen (secondary N) is 2. The molecule has 1 aliphatic rings.